The van der Waals surface area contributed by atoms with Crippen molar-refractivity contribution in [3.8, 4) is 5.75 Å². The topological polar surface area (TPSA) is 84.5 Å². The molecular formula is C13H18N2O4S. The summed E-state index contributed by atoms with van der Waals surface area (Å²) in [4.78, 5) is 12.0. The Balaban J connectivity index is 1.86. The molecule has 0 saturated heterocycles. The molecule has 1 aliphatic heterocycles. The molecule has 1 heterocycles. The van der Waals surface area contributed by atoms with Crippen molar-refractivity contribution in [1.82, 2.24) is 10.0 Å². The predicted octanol–water partition coefficient (Wildman–Crippen LogP) is -0.0969. The van der Waals surface area contributed by atoms with Crippen LogP contribution in [-0.2, 0) is 21.2 Å². The van der Waals surface area contributed by atoms with Crippen LogP contribution >= 0.6 is 0 Å². The molecule has 0 spiro atoms. The SMILES string of the molecule is CNS(=O)(=O)CCNC(=O)[C@@H]1COc2ccccc2C1. The number of benzene rings is 1. The van der Waals surface area contributed by atoms with Crippen LogP contribution in [0.15, 0.2) is 24.3 Å². The first kappa shape index (κ1) is 14.8. The number of carbonyl (C=O) groups is 1. The first-order valence-electron chi connectivity index (χ1n) is 6.41. The summed E-state index contributed by atoms with van der Waals surface area (Å²) in [5.74, 6) is 0.238. The third-order valence-electron chi connectivity index (χ3n) is 3.23. The molecule has 1 aromatic rings. The lowest BCUT2D eigenvalue weighted by Gasteiger charge is -2.24. The van der Waals surface area contributed by atoms with E-state index in [4.69, 9.17) is 4.74 Å². The molecule has 20 heavy (non-hydrogen) atoms. The van der Waals surface area contributed by atoms with Crippen molar-refractivity contribution < 1.29 is 17.9 Å². The summed E-state index contributed by atoms with van der Waals surface area (Å²) >= 11 is 0. The zero-order valence-corrected chi connectivity index (χ0v) is 12.1. The van der Waals surface area contributed by atoms with Crippen LogP contribution in [0.3, 0.4) is 0 Å². The first-order chi connectivity index (χ1) is 9.52. The van der Waals surface area contributed by atoms with Gasteiger partial charge in [0.05, 0.1) is 11.7 Å². The van der Waals surface area contributed by atoms with Crippen molar-refractivity contribution in [2.24, 2.45) is 5.92 Å². The van der Waals surface area contributed by atoms with Crippen LogP contribution in [0.5, 0.6) is 5.75 Å². The van der Waals surface area contributed by atoms with E-state index < -0.39 is 10.0 Å². The molecular weight excluding hydrogens is 280 g/mol. The monoisotopic (exact) mass is 298 g/mol. The second-order valence-electron chi connectivity index (χ2n) is 4.63. The van der Waals surface area contributed by atoms with E-state index in [2.05, 4.69) is 10.0 Å². The van der Waals surface area contributed by atoms with E-state index in [1.807, 2.05) is 24.3 Å². The molecule has 1 aliphatic rings. The number of nitrogens with one attached hydrogen (secondary N) is 2. The number of carbonyl (C=O) groups excluding carboxylic acids is 1. The van der Waals surface area contributed by atoms with Crippen LogP contribution in [-0.4, -0.2) is 40.3 Å². The Kier molecular flexibility index (Phi) is 4.61. The second kappa shape index (κ2) is 6.23. The third-order valence-corrected chi connectivity index (χ3v) is 4.59. The summed E-state index contributed by atoms with van der Waals surface area (Å²) in [6.45, 7) is 0.418. The average Bonchev–Trinajstić information content (AvgIpc) is 2.46. The fourth-order valence-electron chi connectivity index (χ4n) is 2.05. The molecule has 110 valence electrons. The Hall–Kier alpha value is -1.60. The Bertz CT molecular complexity index is 586. The number of ether oxygens (including phenoxy) is 1. The first-order valence-corrected chi connectivity index (χ1v) is 8.06. The van der Waals surface area contributed by atoms with E-state index in [9.17, 15) is 13.2 Å². The average molecular weight is 298 g/mol. The van der Waals surface area contributed by atoms with Crippen LogP contribution < -0.4 is 14.8 Å². The lowest BCUT2D eigenvalue weighted by molar-refractivity contribution is -0.126. The molecule has 0 unspecified atom stereocenters. The van der Waals surface area contributed by atoms with Gasteiger partial charge in [-0.05, 0) is 25.1 Å². The van der Waals surface area contributed by atoms with Gasteiger partial charge in [0, 0.05) is 6.54 Å². The minimum Gasteiger partial charge on any atom is -0.492 e. The van der Waals surface area contributed by atoms with Gasteiger partial charge in [-0.15, -0.1) is 0 Å². The van der Waals surface area contributed by atoms with Crippen LogP contribution in [0.4, 0.5) is 0 Å². The molecule has 0 aromatic heterocycles. The minimum absolute atomic E-state index is 0.0974. The summed E-state index contributed by atoms with van der Waals surface area (Å²) in [6.07, 6.45) is 0.612. The van der Waals surface area contributed by atoms with E-state index in [0.717, 1.165) is 11.3 Å². The van der Waals surface area contributed by atoms with E-state index >= 15 is 0 Å². The maximum Gasteiger partial charge on any atom is 0.226 e. The maximum absolute atomic E-state index is 12.0. The highest BCUT2D eigenvalue weighted by atomic mass is 32.2. The summed E-state index contributed by atoms with van der Waals surface area (Å²) in [6, 6.07) is 7.60. The third kappa shape index (κ3) is 3.71. The fourth-order valence-corrected chi connectivity index (χ4v) is 2.63. The van der Waals surface area contributed by atoms with Gasteiger partial charge in [-0.3, -0.25) is 4.79 Å². The van der Waals surface area contributed by atoms with E-state index in [0.29, 0.717) is 13.0 Å². The largest absolute Gasteiger partial charge is 0.492 e. The van der Waals surface area contributed by atoms with Crippen molar-refractivity contribution in [3.05, 3.63) is 29.8 Å². The van der Waals surface area contributed by atoms with Gasteiger partial charge in [-0.2, -0.15) is 0 Å². The van der Waals surface area contributed by atoms with Crippen molar-refractivity contribution >= 4 is 15.9 Å². The Morgan fingerprint density at radius 2 is 2.15 bits per heavy atom. The van der Waals surface area contributed by atoms with Crippen LogP contribution in [0.2, 0.25) is 0 Å². The molecule has 2 rings (SSSR count). The maximum atomic E-state index is 12.0. The fraction of sp³-hybridized carbons (Fsp3) is 0.462. The van der Waals surface area contributed by atoms with Gasteiger partial charge < -0.3 is 10.1 Å². The van der Waals surface area contributed by atoms with E-state index in [1.54, 1.807) is 0 Å². The van der Waals surface area contributed by atoms with Crippen molar-refractivity contribution in [2.75, 3.05) is 26.0 Å². The van der Waals surface area contributed by atoms with Crippen LogP contribution in [0.25, 0.3) is 0 Å². The van der Waals surface area contributed by atoms with Gasteiger partial charge >= 0.3 is 0 Å². The molecule has 0 aliphatic carbocycles. The van der Waals surface area contributed by atoms with Gasteiger partial charge in [0.25, 0.3) is 0 Å². The number of para-hydroxylation sites is 1. The summed E-state index contributed by atoms with van der Waals surface area (Å²) in [5.41, 5.74) is 1.00. The highest BCUT2D eigenvalue weighted by Crippen LogP contribution is 2.26. The van der Waals surface area contributed by atoms with Crippen molar-refractivity contribution in [2.45, 2.75) is 6.42 Å². The number of hydrogen-bond acceptors (Lipinski definition) is 4. The summed E-state index contributed by atoms with van der Waals surface area (Å²) < 4.78 is 30.2. The quantitative estimate of drug-likeness (QED) is 0.795. The summed E-state index contributed by atoms with van der Waals surface area (Å²) in [7, 11) is -1.94. The molecule has 6 nitrogen and oxygen atoms in total. The zero-order chi connectivity index (χ0) is 14.6. The molecule has 7 heteroatoms. The molecule has 2 N–H and O–H groups in total. The van der Waals surface area contributed by atoms with Gasteiger partial charge in [0.15, 0.2) is 0 Å². The molecule has 0 saturated carbocycles. The smallest absolute Gasteiger partial charge is 0.226 e. The number of sulfonamides is 1. The summed E-state index contributed by atoms with van der Waals surface area (Å²) in [5, 5.41) is 2.64. The lowest BCUT2D eigenvalue weighted by atomic mass is 9.96. The normalized spacial score (nSPS) is 17.9. The lowest BCUT2D eigenvalue weighted by Crippen LogP contribution is -2.40. The highest BCUT2D eigenvalue weighted by Gasteiger charge is 2.25. The van der Waals surface area contributed by atoms with Crippen molar-refractivity contribution in [3.63, 3.8) is 0 Å². The predicted molar refractivity (Wildman–Crippen MR) is 75.0 cm³/mol. The molecule has 0 radical (unpaired) electrons. The second-order valence-corrected chi connectivity index (χ2v) is 6.68. The number of amides is 1. The zero-order valence-electron chi connectivity index (χ0n) is 11.3. The Labute approximate surface area is 118 Å². The van der Waals surface area contributed by atoms with Crippen molar-refractivity contribution in [1.29, 1.82) is 0 Å². The van der Waals surface area contributed by atoms with Gasteiger partial charge in [0.1, 0.15) is 12.4 Å². The number of fused-ring (bicyclic) bond motifs is 1. The van der Waals surface area contributed by atoms with E-state index in [-0.39, 0.29) is 24.1 Å². The van der Waals surface area contributed by atoms with Gasteiger partial charge in [0.2, 0.25) is 15.9 Å². The highest BCUT2D eigenvalue weighted by molar-refractivity contribution is 7.89. The van der Waals surface area contributed by atoms with Gasteiger partial charge in [-0.1, -0.05) is 18.2 Å². The standard InChI is InChI=1S/C13H18N2O4S/c1-14-20(17,18)7-6-15-13(16)11-8-10-4-2-3-5-12(10)19-9-11/h2-5,11,14H,6-9H2,1H3,(H,15,16)/t11-/m0/s1. The molecule has 1 atom stereocenters. The molecule has 0 bridgehead atoms. The molecule has 0 fully saturated rings. The van der Waals surface area contributed by atoms with Crippen LogP contribution in [0, 0.1) is 5.92 Å². The van der Waals surface area contributed by atoms with Gasteiger partial charge in [-0.25, -0.2) is 13.1 Å². The minimum atomic E-state index is -3.29. The molecule has 1 aromatic carbocycles. The number of rotatable bonds is 5. The van der Waals surface area contributed by atoms with E-state index in [1.165, 1.54) is 7.05 Å². The van der Waals surface area contributed by atoms with Crippen LogP contribution in [0.1, 0.15) is 5.56 Å². The Morgan fingerprint density at radius 3 is 2.90 bits per heavy atom. The Morgan fingerprint density at radius 1 is 1.40 bits per heavy atom. The molecule has 1 amide bonds. The number of hydrogen-bond donors (Lipinski definition) is 2.